The van der Waals surface area contributed by atoms with Gasteiger partial charge in [-0.05, 0) is 12.3 Å². The third kappa shape index (κ3) is 5.76. The van der Waals surface area contributed by atoms with Crippen LogP contribution < -0.4 is 10.6 Å². The van der Waals surface area contributed by atoms with Crippen molar-refractivity contribution in [3.63, 3.8) is 0 Å². The lowest BCUT2D eigenvalue weighted by Crippen LogP contribution is -2.40. The Labute approximate surface area is 144 Å². The molecule has 22 heavy (non-hydrogen) atoms. The molecule has 0 aromatic carbocycles. The van der Waals surface area contributed by atoms with Gasteiger partial charge in [-0.15, -0.1) is 24.8 Å². The second-order valence-electron chi connectivity index (χ2n) is 5.66. The summed E-state index contributed by atoms with van der Waals surface area (Å²) in [4.78, 5) is 16.4. The molecule has 0 aliphatic carbocycles. The summed E-state index contributed by atoms with van der Waals surface area (Å²) in [5.74, 6) is 1.47. The molecule has 0 bridgehead atoms. The minimum absolute atomic E-state index is 0. The summed E-state index contributed by atoms with van der Waals surface area (Å²) in [5, 5.41) is 6.12. The Morgan fingerprint density at radius 2 is 2.27 bits per heavy atom. The van der Waals surface area contributed by atoms with Gasteiger partial charge in [0.2, 0.25) is 5.91 Å². The Kier molecular flexibility index (Phi) is 9.67. The monoisotopic (exact) mass is 352 g/mol. The van der Waals surface area contributed by atoms with Crippen molar-refractivity contribution in [3.8, 4) is 0 Å². The van der Waals surface area contributed by atoms with Crippen LogP contribution >= 0.6 is 24.8 Å². The van der Waals surface area contributed by atoms with Gasteiger partial charge in [0.05, 0.1) is 18.7 Å². The van der Waals surface area contributed by atoms with Crippen LogP contribution in [-0.2, 0) is 22.6 Å². The van der Waals surface area contributed by atoms with E-state index in [0.29, 0.717) is 12.5 Å². The van der Waals surface area contributed by atoms with E-state index in [2.05, 4.69) is 34.0 Å². The Morgan fingerprint density at radius 1 is 1.55 bits per heavy atom. The molecule has 1 saturated heterocycles. The van der Waals surface area contributed by atoms with E-state index in [1.165, 1.54) is 0 Å². The summed E-state index contributed by atoms with van der Waals surface area (Å²) >= 11 is 0. The number of methoxy groups -OCH3 is 1. The van der Waals surface area contributed by atoms with Crippen molar-refractivity contribution in [1.29, 1.82) is 0 Å². The fourth-order valence-corrected chi connectivity index (χ4v) is 2.44. The molecule has 0 saturated carbocycles. The summed E-state index contributed by atoms with van der Waals surface area (Å²) in [6.07, 6.45) is 4.59. The highest BCUT2D eigenvalue weighted by Crippen LogP contribution is 2.10. The normalized spacial score (nSPS) is 20.4. The van der Waals surface area contributed by atoms with Crippen molar-refractivity contribution < 1.29 is 9.53 Å². The molecule has 2 heterocycles. The number of aromatic nitrogens is 2. The van der Waals surface area contributed by atoms with Crippen molar-refractivity contribution >= 4 is 30.7 Å². The molecule has 2 atom stereocenters. The van der Waals surface area contributed by atoms with Crippen LogP contribution in [0.15, 0.2) is 12.4 Å². The standard InChI is InChI=1S/C14H24N4O2.2ClH/c1-10(2)9-18-5-4-15-13(18)8-17-14(19)12-6-11(20-3)7-16-12;;/h4-5,10-12,16H,6-9H2,1-3H3,(H,17,19);2*1H/t11-,12-;;/m0../s1. The third-order valence-electron chi connectivity index (χ3n) is 3.52. The van der Waals surface area contributed by atoms with Gasteiger partial charge in [0, 0.05) is 32.6 Å². The molecular weight excluding hydrogens is 327 g/mol. The molecule has 1 amide bonds. The topological polar surface area (TPSA) is 68.2 Å². The number of ether oxygens (including phenoxy) is 1. The number of hydrogen-bond acceptors (Lipinski definition) is 4. The van der Waals surface area contributed by atoms with Crippen molar-refractivity contribution in [1.82, 2.24) is 20.2 Å². The number of amides is 1. The van der Waals surface area contributed by atoms with Crippen LogP contribution in [0, 0.1) is 5.92 Å². The smallest absolute Gasteiger partial charge is 0.237 e. The molecule has 1 fully saturated rings. The van der Waals surface area contributed by atoms with E-state index < -0.39 is 0 Å². The van der Waals surface area contributed by atoms with Crippen LogP contribution in [0.1, 0.15) is 26.1 Å². The molecule has 1 aromatic heterocycles. The third-order valence-corrected chi connectivity index (χ3v) is 3.52. The van der Waals surface area contributed by atoms with E-state index in [4.69, 9.17) is 4.74 Å². The Morgan fingerprint density at radius 3 is 2.86 bits per heavy atom. The number of imidazole rings is 1. The molecule has 0 radical (unpaired) electrons. The first-order chi connectivity index (χ1) is 9.60. The molecule has 1 aliphatic heterocycles. The number of hydrogen-bond donors (Lipinski definition) is 2. The molecular formula is C14H26Cl2N4O2. The van der Waals surface area contributed by atoms with Gasteiger partial charge >= 0.3 is 0 Å². The fraction of sp³-hybridized carbons (Fsp3) is 0.714. The maximum atomic E-state index is 12.1. The summed E-state index contributed by atoms with van der Waals surface area (Å²) in [6, 6.07) is -0.159. The largest absolute Gasteiger partial charge is 0.380 e. The summed E-state index contributed by atoms with van der Waals surface area (Å²) in [5.41, 5.74) is 0. The zero-order chi connectivity index (χ0) is 14.5. The van der Waals surface area contributed by atoms with E-state index in [1.807, 2.05) is 6.20 Å². The molecule has 128 valence electrons. The van der Waals surface area contributed by atoms with Crippen molar-refractivity contribution in [3.05, 3.63) is 18.2 Å². The molecule has 1 aliphatic rings. The van der Waals surface area contributed by atoms with Crippen molar-refractivity contribution in [2.75, 3.05) is 13.7 Å². The van der Waals surface area contributed by atoms with Crippen LogP contribution in [0.25, 0.3) is 0 Å². The molecule has 6 nitrogen and oxygen atoms in total. The minimum atomic E-state index is -0.159. The van der Waals surface area contributed by atoms with Gasteiger partial charge in [-0.3, -0.25) is 4.79 Å². The van der Waals surface area contributed by atoms with Gasteiger partial charge in [0.15, 0.2) is 0 Å². The number of nitrogens with one attached hydrogen (secondary N) is 2. The first-order valence-electron chi connectivity index (χ1n) is 7.14. The lowest BCUT2D eigenvalue weighted by atomic mass is 10.2. The Balaban J connectivity index is 0.00000220. The number of halogens is 2. The number of rotatable bonds is 6. The van der Waals surface area contributed by atoms with E-state index in [1.54, 1.807) is 13.3 Å². The molecule has 0 unspecified atom stereocenters. The first-order valence-corrected chi connectivity index (χ1v) is 7.14. The highest BCUT2D eigenvalue weighted by Gasteiger charge is 2.29. The zero-order valence-electron chi connectivity index (χ0n) is 13.2. The van der Waals surface area contributed by atoms with Crippen molar-refractivity contribution in [2.45, 2.75) is 45.5 Å². The molecule has 8 heteroatoms. The van der Waals surface area contributed by atoms with Crippen LogP contribution in [-0.4, -0.2) is 41.3 Å². The highest BCUT2D eigenvalue weighted by atomic mass is 35.5. The average Bonchev–Trinajstić information content (AvgIpc) is 3.04. The predicted molar refractivity (Wildman–Crippen MR) is 90.6 cm³/mol. The van der Waals surface area contributed by atoms with Gasteiger partial charge in [0.1, 0.15) is 5.82 Å². The first kappa shape index (κ1) is 21.2. The van der Waals surface area contributed by atoms with Gasteiger partial charge in [-0.2, -0.15) is 0 Å². The quantitative estimate of drug-likeness (QED) is 0.811. The van der Waals surface area contributed by atoms with E-state index in [9.17, 15) is 4.79 Å². The summed E-state index contributed by atoms with van der Waals surface area (Å²) in [7, 11) is 1.68. The second kappa shape index (κ2) is 10.0. The van der Waals surface area contributed by atoms with Gasteiger partial charge in [-0.25, -0.2) is 4.98 Å². The van der Waals surface area contributed by atoms with E-state index in [-0.39, 0.29) is 42.9 Å². The average molecular weight is 353 g/mol. The van der Waals surface area contributed by atoms with Gasteiger partial charge in [0.25, 0.3) is 0 Å². The molecule has 2 N–H and O–H groups in total. The van der Waals surface area contributed by atoms with Crippen LogP contribution in [0.3, 0.4) is 0 Å². The Bertz CT molecular complexity index is 454. The predicted octanol–water partition coefficient (Wildman–Crippen LogP) is 1.38. The van der Waals surface area contributed by atoms with E-state index >= 15 is 0 Å². The molecule has 0 spiro atoms. The second-order valence-corrected chi connectivity index (χ2v) is 5.66. The van der Waals surface area contributed by atoms with E-state index in [0.717, 1.165) is 25.3 Å². The zero-order valence-corrected chi connectivity index (χ0v) is 14.9. The SMILES string of the molecule is CO[C@@H]1CN[C@H](C(=O)NCc2nccn2CC(C)C)C1.Cl.Cl. The van der Waals surface area contributed by atoms with Gasteiger partial charge in [-0.1, -0.05) is 13.8 Å². The number of carbonyl (C=O) groups excluding carboxylic acids is 1. The van der Waals surface area contributed by atoms with Gasteiger partial charge < -0.3 is 19.9 Å². The fourth-order valence-electron chi connectivity index (χ4n) is 2.44. The lowest BCUT2D eigenvalue weighted by molar-refractivity contribution is -0.123. The maximum absolute atomic E-state index is 12.1. The summed E-state index contributed by atoms with van der Waals surface area (Å²) in [6.45, 7) is 6.44. The minimum Gasteiger partial charge on any atom is -0.380 e. The maximum Gasteiger partial charge on any atom is 0.237 e. The summed E-state index contributed by atoms with van der Waals surface area (Å²) < 4.78 is 7.33. The Hall–Kier alpha value is -0.820. The number of nitrogens with zero attached hydrogens (tertiary/aromatic N) is 2. The van der Waals surface area contributed by atoms with Crippen molar-refractivity contribution in [2.24, 2.45) is 5.92 Å². The van der Waals surface area contributed by atoms with Crippen LogP contribution in [0.5, 0.6) is 0 Å². The van der Waals surface area contributed by atoms with Crippen LogP contribution in [0.2, 0.25) is 0 Å². The lowest BCUT2D eigenvalue weighted by Gasteiger charge is -2.13. The number of carbonyl (C=O) groups is 1. The van der Waals surface area contributed by atoms with Crippen LogP contribution in [0.4, 0.5) is 0 Å². The molecule has 1 aromatic rings. The highest BCUT2D eigenvalue weighted by molar-refractivity contribution is 5.85. The molecule has 2 rings (SSSR count).